The number of aliphatic hydroxyl groups is 2. The molecule has 1 aliphatic heterocycles. The molecule has 1 saturated heterocycles. The van der Waals surface area contributed by atoms with Crippen molar-refractivity contribution >= 4 is 5.91 Å². The lowest BCUT2D eigenvalue weighted by Crippen LogP contribution is -2.48. The Balaban J connectivity index is 2.06. The standard InChI is InChI=1S/C15H21NO6/c1-20-11-4-3-5-12(21-2)13(11)15(19)16-6-9-7-22-8-10(17)14(9)18/h3-5,9-10,14,17-18H,6-8H2,1-2H3,(H,16,19)/t9-,10-,14+/m1/s1. The molecule has 0 unspecified atom stereocenters. The smallest absolute Gasteiger partial charge is 0.258 e. The third-order valence-electron chi connectivity index (χ3n) is 3.68. The number of nitrogens with one attached hydrogen (secondary N) is 1. The average molecular weight is 311 g/mol. The molecule has 0 spiro atoms. The molecule has 0 bridgehead atoms. The molecular formula is C15H21NO6. The van der Waals surface area contributed by atoms with Gasteiger partial charge in [0.25, 0.3) is 5.91 Å². The van der Waals surface area contributed by atoms with Gasteiger partial charge in [-0.05, 0) is 12.1 Å². The van der Waals surface area contributed by atoms with Gasteiger partial charge in [0.2, 0.25) is 0 Å². The van der Waals surface area contributed by atoms with Crippen LogP contribution in [0.25, 0.3) is 0 Å². The fraction of sp³-hybridized carbons (Fsp3) is 0.533. The maximum atomic E-state index is 12.4. The van der Waals surface area contributed by atoms with E-state index in [1.165, 1.54) is 14.2 Å². The summed E-state index contributed by atoms with van der Waals surface area (Å²) in [6.45, 7) is 0.561. The lowest BCUT2D eigenvalue weighted by molar-refractivity contribution is -0.118. The van der Waals surface area contributed by atoms with Crippen molar-refractivity contribution in [2.75, 3.05) is 34.0 Å². The summed E-state index contributed by atoms with van der Waals surface area (Å²) in [5.41, 5.74) is 0.291. The minimum absolute atomic E-state index is 0.103. The number of benzene rings is 1. The van der Waals surface area contributed by atoms with Crippen molar-refractivity contribution in [2.45, 2.75) is 12.2 Å². The molecule has 1 fully saturated rings. The number of rotatable bonds is 5. The average Bonchev–Trinajstić information content (AvgIpc) is 2.55. The molecule has 1 aromatic carbocycles. The Morgan fingerprint density at radius 3 is 2.50 bits per heavy atom. The van der Waals surface area contributed by atoms with E-state index in [1.54, 1.807) is 18.2 Å². The van der Waals surface area contributed by atoms with Gasteiger partial charge < -0.3 is 29.7 Å². The molecule has 0 aromatic heterocycles. The molecule has 1 heterocycles. The van der Waals surface area contributed by atoms with Crippen LogP contribution in [0.5, 0.6) is 11.5 Å². The Labute approximate surface area is 128 Å². The molecule has 3 N–H and O–H groups in total. The summed E-state index contributed by atoms with van der Waals surface area (Å²) in [5.74, 6) is 0.0598. The van der Waals surface area contributed by atoms with E-state index in [0.29, 0.717) is 17.1 Å². The number of hydrogen-bond acceptors (Lipinski definition) is 6. The third kappa shape index (κ3) is 3.49. The predicted molar refractivity (Wildman–Crippen MR) is 78.2 cm³/mol. The summed E-state index contributed by atoms with van der Waals surface area (Å²) in [6.07, 6.45) is -1.86. The first-order valence-electron chi connectivity index (χ1n) is 7.01. The van der Waals surface area contributed by atoms with E-state index in [1.807, 2.05) is 0 Å². The maximum absolute atomic E-state index is 12.4. The Bertz CT molecular complexity index is 499. The zero-order valence-corrected chi connectivity index (χ0v) is 12.6. The molecule has 1 aliphatic rings. The second-order valence-corrected chi connectivity index (χ2v) is 5.10. The Hall–Kier alpha value is -1.83. The number of hydrogen-bond donors (Lipinski definition) is 3. The second kappa shape index (κ2) is 7.44. The van der Waals surface area contributed by atoms with E-state index in [9.17, 15) is 15.0 Å². The van der Waals surface area contributed by atoms with Gasteiger partial charge in [-0.2, -0.15) is 0 Å². The predicted octanol–water partition coefficient (Wildman–Crippen LogP) is -0.198. The van der Waals surface area contributed by atoms with Crippen LogP contribution in [0.3, 0.4) is 0 Å². The second-order valence-electron chi connectivity index (χ2n) is 5.10. The first-order valence-corrected chi connectivity index (χ1v) is 7.01. The first-order chi connectivity index (χ1) is 10.6. The van der Waals surface area contributed by atoms with Crippen molar-refractivity contribution < 1.29 is 29.2 Å². The molecule has 0 radical (unpaired) electrons. The number of carbonyl (C=O) groups is 1. The Kier molecular flexibility index (Phi) is 5.59. The molecule has 3 atom stereocenters. The largest absolute Gasteiger partial charge is 0.496 e. The molecule has 1 amide bonds. The number of aliphatic hydroxyl groups excluding tert-OH is 2. The minimum atomic E-state index is -0.934. The van der Waals surface area contributed by atoms with Crippen LogP contribution in [0.15, 0.2) is 18.2 Å². The van der Waals surface area contributed by atoms with Gasteiger partial charge in [0, 0.05) is 12.5 Å². The molecule has 7 heteroatoms. The van der Waals surface area contributed by atoms with Crippen LogP contribution in [0.2, 0.25) is 0 Å². The van der Waals surface area contributed by atoms with Crippen molar-refractivity contribution in [2.24, 2.45) is 5.92 Å². The van der Waals surface area contributed by atoms with Crippen molar-refractivity contribution in [1.29, 1.82) is 0 Å². The van der Waals surface area contributed by atoms with Crippen LogP contribution < -0.4 is 14.8 Å². The van der Waals surface area contributed by atoms with Crippen LogP contribution in [-0.2, 0) is 4.74 Å². The van der Waals surface area contributed by atoms with Gasteiger partial charge in [-0.15, -0.1) is 0 Å². The van der Waals surface area contributed by atoms with Crippen molar-refractivity contribution in [3.05, 3.63) is 23.8 Å². The van der Waals surface area contributed by atoms with E-state index >= 15 is 0 Å². The summed E-state index contributed by atoms with van der Waals surface area (Å²) >= 11 is 0. The normalized spacial score (nSPS) is 24.6. The van der Waals surface area contributed by atoms with Crippen LogP contribution in [0.1, 0.15) is 10.4 Å². The summed E-state index contributed by atoms with van der Waals surface area (Å²) in [5, 5.41) is 22.2. The fourth-order valence-electron chi connectivity index (χ4n) is 2.42. The van der Waals surface area contributed by atoms with Gasteiger partial charge in [0.1, 0.15) is 23.2 Å². The van der Waals surface area contributed by atoms with Gasteiger partial charge in [0.15, 0.2) is 0 Å². The van der Waals surface area contributed by atoms with Crippen LogP contribution in [0.4, 0.5) is 0 Å². The molecule has 22 heavy (non-hydrogen) atoms. The summed E-state index contributed by atoms with van der Waals surface area (Å²) in [4.78, 5) is 12.4. The number of amides is 1. The SMILES string of the molecule is COc1cccc(OC)c1C(=O)NC[C@@H]1COC[C@@H](O)[C@H]1O. The summed E-state index contributed by atoms with van der Waals surface area (Å²) in [7, 11) is 2.95. The van der Waals surface area contributed by atoms with E-state index in [4.69, 9.17) is 14.2 Å². The van der Waals surface area contributed by atoms with Gasteiger partial charge in [-0.25, -0.2) is 0 Å². The lowest BCUT2D eigenvalue weighted by atomic mass is 9.96. The highest BCUT2D eigenvalue weighted by Crippen LogP contribution is 2.28. The molecule has 7 nitrogen and oxygen atoms in total. The number of methoxy groups -OCH3 is 2. The highest BCUT2D eigenvalue weighted by molar-refractivity contribution is 5.99. The van der Waals surface area contributed by atoms with Gasteiger partial charge in [-0.1, -0.05) is 6.07 Å². The van der Waals surface area contributed by atoms with Gasteiger partial charge >= 0.3 is 0 Å². The first kappa shape index (κ1) is 16.5. The zero-order valence-electron chi connectivity index (χ0n) is 12.6. The Morgan fingerprint density at radius 1 is 1.27 bits per heavy atom. The molecule has 0 aliphatic carbocycles. The van der Waals surface area contributed by atoms with Gasteiger partial charge in [-0.3, -0.25) is 4.79 Å². The zero-order chi connectivity index (χ0) is 16.1. The molecule has 2 rings (SSSR count). The summed E-state index contributed by atoms with van der Waals surface area (Å²) < 4.78 is 15.5. The molecule has 122 valence electrons. The number of carbonyl (C=O) groups excluding carboxylic acids is 1. The van der Waals surface area contributed by atoms with Crippen molar-refractivity contribution in [3.8, 4) is 11.5 Å². The highest BCUT2D eigenvalue weighted by Gasteiger charge is 2.31. The molecule has 1 aromatic rings. The lowest BCUT2D eigenvalue weighted by Gasteiger charge is -2.31. The monoisotopic (exact) mass is 311 g/mol. The van der Waals surface area contributed by atoms with E-state index in [0.717, 1.165) is 0 Å². The van der Waals surface area contributed by atoms with Gasteiger partial charge in [0.05, 0.1) is 33.5 Å². The van der Waals surface area contributed by atoms with Crippen molar-refractivity contribution in [3.63, 3.8) is 0 Å². The van der Waals surface area contributed by atoms with Crippen LogP contribution in [0, 0.1) is 5.92 Å². The van der Waals surface area contributed by atoms with Crippen molar-refractivity contribution in [1.82, 2.24) is 5.32 Å². The van der Waals surface area contributed by atoms with E-state index in [-0.39, 0.29) is 31.6 Å². The van der Waals surface area contributed by atoms with E-state index < -0.39 is 12.2 Å². The van der Waals surface area contributed by atoms with Crippen LogP contribution >= 0.6 is 0 Å². The third-order valence-corrected chi connectivity index (χ3v) is 3.68. The summed E-state index contributed by atoms with van der Waals surface area (Å²) in [6, 6.07) is 5.06. The quantitative estimate of drug-likeness (QED) is 0.697. The van der Waals surface area contributed by atoms with Crippen LogP contribution in [-0.4, -0.2) is 62.3 Å². The Morgan fingerprint density at radius 2 is 1.91 bits per heavy atom. The maximum Gasteiger partial charge on any atom is 0.258 e. The fourth-order valence-corrected chi connectivity index (χ4v) is 2.42. The van der Waals surface area contributed by atoms with E-state index in [2.05, 4.69) is 5.32 Å². The number of ether oxygens (including phenoxy) is 3. The molecule has 0 saturated carbocycles. The topological polar surface area (TPSA) is 97.3 Å². The highest BCUT2D eigenvalue weighted by atomic mass is 16.5. The molecular weight excluding hydrogens is 290 g/mol. The minimum Gasteiger partial charge on any atom is -0.496 e.